The molecule has 0 saturated carbocycles. The zero-order chi connectivity index (χ0) is 16.7. The average molecular weight is 386 g/mol. The first-order valence-corrected chi connectivity index (χ1v) is 9.40. The first kappa shape index (κ1) is 17.8. The fraction of sp³-hybridized carbons (Fsp3) is 0.562. The molecule has 6 heteroatoms. The second-order valence-electron chi connectivity index (χ2n) is 6.89. The smallest absolute Gasteiger partial charge is 0.151 e. The number of nitrogens with zero attached hydrogens (tertiary/aromatic N) is 2. The third-order valence-corrected chi connectivity index (χ3v) is 5.76. The highest BCUT2D eigenvalue weighted by Gasteiger charge is 2.29. The van der Waals surface area contributed by atoms with Gasteiger partial charge in [-0.2, -0.15) is 0 Å². The van der Waals surface area contributed by atoms with Gasteiger partial charge in [0.05, 0.1) is 16.2 Å². The van der Waals surface area contributed by atoms with Crippen LogP contribution in [0.5, 0.6) is 0 Å². The Hall–Kier alpha value is -0.560. The maximum atomic E-state index is 12.2. The van der Waals surface area contributed by atoms with E-state index in [-0.39, 0.29) is 10.8 Å². The number of rotatable bonds is 4. The number of imidazole rings is 1. The number of hydrogen-bond donors (Lipinski definition) is 1. The molecule has 0 aliphatic heterocycles. The van der Waals surface area contributed by atoms with Crippen molar-refractivity contribution in [2.45, 2.75) is 58.2 Å². The standard InChI is InChI=1S/C16H24BrN3OS/c1-10(2)12-7-13(17)15-18-14(9-20(15)8-12)11(3)19-22(21)16(4,5)6/h7-11,19H,1-6H3/t11-,22?/m1/s1. The van der Waals surface area contributed by atoms with Gasteiger partial charge in [-0.25, -0.2) is 4.98 Å². The van der Waals surface area contributed by atoms with Gasteiger partial charge in [-0.1, -0.05) is 13.8 Å². The summed E-state index contributed by atoms with van der Waals surface area (Å²) in [6.07, 6.45) is 4.11. The van der Waals surface area contributed by atoms with Gasteiger partial charge in [0.25, 0.3) is 0 Å². The van der Waals surface area contributed by atoms with Crippen molar-refractivity contribution in [2.75, 3.05) is 0 Å². The summed E-state index contributed by atoms with van der Waals surface area (Å²) in [4.78, 5) is 4.67. The van der Waals surface area contributed by atoms with Crippen LogP contribution >= 0.6 is 15.9 Å². The molecule has 0 amide bonds. The van der Waals surface area contributed by atoms with Gasteiger partial charge in [0.2, 0.25) is 0 Å². The third-order valence-electron chi connectivity index (χ3n) is 3.50. The molecule has 1 unspecified atom stereocenters. The van der Waals surface area contributed by atoms with Gasteiger partial charge in [0.1, 0.15) is 4.75 Å². The minimum absolute atomic E-state index is 0.0747. The molecule has 2 rings (SSSR count). The summed E-state index contributed by atoms with van der Waals surface area (Å²) in [6, 6.07) is 2.04. The van der Waals surface area contributed by atoms with Crippen LogP contribution in [0.25, 0.3) is 5.65 Å². The molecular weight excluding hydrogens is 362 g/mol. The van der Waals surface area contributed by atoms with E-state index in [0.29, 0.717) is 5.92 Å². The molecule has 0 fully saturated rings. The first-order chi connectivity index (χ1) is 10.1. The molecule has 4 nitrogen and oxygen atoms in total. The normalized spacial score (nSPS) is 15.5. The molecule has 0 radical (unpaired) electrons. The predicted molar refractivity (Wildman–Crippen MR) is 96.4 cm³/mol. The lowest BCUT2D eigenvalue weighted by Gasteiger charge is -2.25. The van der Waals surface area contributed by atoms with E-state index in [2.05, 4.69) is 51.7 Å². The van der Waals surface area contributed by atoms with Crippen LogP contribution in [0.3, 0.4) is 0 Å². The topological polar surface area (TPSA) is 52.4 Å². The lowest BCUT2D eigenvalue weighted by Crippen LogP contribution is -2.40. The molecule has 0 saturated heterocycles. The van der Waals surface area contributed by atoms with Crippen molar-refractivity contribution in [3.8, 4) is 0 Å². The van der Waals surface area contributed by atoms with Crippen LogP contribution in [-0.4, -0.2) is 18.7 Å². The summed E-state index contributed by atoms with van der Waals surface area (Å²) in [5, 5.41) is 0. The van der Waals surface area contributed by atoms with E-state index in [4.69, 9.17) is 0 Å². The summed E-state index contributed by atoms with van der Waals surface area (Å²) in [5.41, 5.74) is 3.02. The highest BCUT2D eigenvalue weighted by atomic mass is 79.9. The molecule has 2 heterocycles. The van der Waals surface area contributed by atoms with Crippen molar-refractivity contribution in [2.24, 2.45) is 0 Å². The minimum Gasteiger partial charge on any atom is -0.598 e. The van der Waals surface area contributed by atoms with E-state index in [1.54, 1.807) is 0 Å². The lowest BCUT2D eigenvalue weighted by atomic mass is 10.1. The van der Waals surface area contributed by atoms with Gasteiger partial charge in [-0.3, -0.25) is 0 Å². The molecule has 0 aliphatic rings. The molecule has 22 heavy (non-hydrogen) atoms. The monoisotopic (exact) mass is 385 g/mol. The van der Waals surface area contributed by atoms with Gasteiger partial charge >= 0.3 is 0 Å². The van der Waals surface area contributed by atoms with E-state index in [1.807, 2.05) is 38.3 Å². The quantitative estimate of drug-likeness (QED) is 0.796. The summed E-state index contributed by atoms with van der Waals surface area (Å²) in [5.74, 6) is 0.454. The number of hydrogen-bond acceptors (Lipinski definition) is 3. The number of aromatic nitrogens is 2. The van der Waals surface area contributed by atoms with Gasteiger partial charge in [-0.05, 0) is 61.2 Å². The van der Waals surface area contributed by atoms with Gasteiger partial charge in [0, 0.05) is 23.8 Å². The van der Waals surface area contributed by atoms with Crippen molar-refractivity contribution >= 4 is 32.9 Å². The number of fused-ring (bicyclic) bond motifs is 1. The summed E-state index contributed by atoms with van der Waals surface area (Å²) in [7, 11) is 0. The van der Waals surface area contributed by atoms with E-state index in [0.717, 1.165) is 15.8 Å². The Morgan fingerprint density at radius 2 is 1.91 bits per heavy atom. The zero-order valence-corrected chi connectivity index (χ0v) is 16.4. The fourth-order valence-corrected chi connectivity index (χ4v) is 3.37. The Morgan fingerprint density at radius 3 is 2.45 bits per heavy atom. The van der Waals surface area contributed by atoms with Crippen LogP contribution in [0.4, 0.5) is 0 Å². The third kappa shape index (κ3) is 3.85. The van der Waals surface area contributed by atoms with Crippen molar-refractivity contribution in [3.63, 3.8) is 0 Å². The highest BCUT2D eigenvalue weighted by molar-refractivity contribution is 9.10. The Balaban J connectivity index is 2.31. The molecule has 0 aliphatic carbocycles. The van der Waals surface area contributed by atoms with Crippen molar-refractivity contribution in [1.82, 2.24) is 14.1 Å². The lowest BCUT2D eigenvalue weighted by molar-refractivity contribution is 0.529. The minimum atomic E-state index is -1.12. The van der Waals surface area contributed by atoms with E-state index in [9.17, 15) is 4.55 Å². The zero-order valence-electron chi connectivity index (χ0n) is 14.0. The SMILES string of the molecule is CC(C)c1cc(Br)c2nc([C@@H](C)N[S+]([O-])C(C)(C)C)cn2c1. The number of halogens is 1. The van der Waals surface area contributed by atoms with E-state index >= 15 is 0 Å². The van der Waals surface area contributed by atoms with Gasteiger partial charge in [-0.15, -0.1) is 4.72 Å². The molecule has 0 aromatic carbocycles. The molecule has 0 bridgehead atoms. The second kappa shape index (κ2) is 6.51. The van der Waals surface area contributed by atoms with Crippen LogP contribution in [0.1, 0.15) is 64.8 Å². The highest BCUT2D eigenvalue weighted by Crippen LogP contribution is 2.26. The molecule has 2 atom stereocenters. The molecule has 0 spiro atoms. The van der Waals surface area contributed by atoms with E-state index in [1.165, 1.54) is 5.56 Å². The summed E-state index contributed by atoms with van der Waals surface area (Å²) < 4.78 is 18.1. The predicted octanol–water partition coefficient (Wildman–Crippen LogP) is 4.33. The average Bonchev–Trinajstić information content (AvgIpc) is 2.81. The van der Waals surface area contributed by atoms with Crippen LogP contribution in [0, 0.1) is 0 Å². The van der Waals surface area contributed by atoms with Crippen LogP contribution in [0.2, 0.25) is 0 Å². The Labute approximate surface area is 144 Å². The summed E-state index contributed by atoms with van der Waals surface area (Å²) >= 11 is 2.48. The van der Waals surface area contributed by atoms with Gasteiger partial charge in [0.15, 0.2) is 5.65 Å². The van der Waals surface area contributed by atoms with Crippen molar-refractivity contribution in [1.29, 1.82) is 0 Å². The molecule has 1 N–H and O–H groups in total. The number of nitrogens with one attached hydrogen (secondary N) is 1. The maximum Gasteiger partial charge on any atom is 0.151 e. The van der Waals surface area contributed by atoms with Crippen LogP contribution < -0.4 is 4.72 Å². The van der Waals surface area contributed by atoms with Crippen LogP contribution in [-0.2, 0) is 11.4 Å². The Bertz CT molecular complexity index is 663. The molecular formula is C16H24BrN3OS. The maximum absolute atomic E-state index is 12.2. The Morgan fingerprint density at radius 1 is 1.27 bits per heavy atom. The largest absolute Gasteiger partial charge is 0.598 e. The van der Waals surface area contributed by atoms with Crippen molar-refractivity contribution in [3.05, 3.63) is 34.2 Å². The molecule has 2 aromatic rings. The molecule has 2 aromatic heterocycles. The second-order valence-corrected chi connectivity index (χ2v) is 9.75. The van der Waals surface area contributed by atoms with Crippen LogP contribution in [0.15, 0.2) is 22.9 Å². The number of pyridine rings is 1. The van der Waals surface area contributed by atoms with Gasteiger partial charge < -0.3 is 8.95 Å². The first-order valence-electron chi connectivity index (χ1n) is 7.45. The molecule has 122 valence electrons. The van der Waals surface area contributed by atoms with Crippen molar-refractivity contribution < 1.29 is 4.55 Å². The van der Waals surface area contributed by atoms with E-state index < -0.39 is 11.4 Å². The fourth-order valence-electron chi connectivity index (χ4n) is 2.02. The summed E-state index contributed by atoms with van der Waals surface area (Å²) in [6.45, 7) is 12.2. The Kier molecular flexibility index (Phi) is 5.27.